The molecule has 1 saturated heterocycles. The minimum Gasteiger partial charge on any atom is -0.493 e. The minimum atomic E-state index is -1.02. The summed E-state index contributed by atoms with van der Waals surface area (Å²) in [5, 5.41) is 27.4. The van der Waals surface area contributed by atoms with Gasteiger partial charge in [0, 0.05) is 55.6 Å². The number of carbonyl (C=O) groups excluding carboxylic acids is 4. The van der Waals surface area contributed by atoms with Crippen molar-refractivity contribution in [3.63, 3.8) is 0 Å². The van der Waals surface area contributed by atoms with E-state index in [1.54, 1.807) is 67.9 Å². The summed E-state index contributed by atoms with van der Waals surface area (Å²) in [4.78, 5) is 60.8. The van der Waals surface area contributed by atoms with Crippen LogP contribution >= 0.6 is 22.9 Å². The minimum absolute atomic E-state index is 0.0416. The Balaban J connectivity index is 0.920. The fourth-order valence-electron chi connectivity index (χ4n) is 9.28. The average Bonchev–Trinajstić information content (AvgIpc) is 3.90. The number of anilines is 1. The Hall–Kier alpha value is -5.80. The van der Waals surface area contributed by atoms with Crippen LogP contribution in [-0.2, 0) is 19.1 Å². The van der Waals surface area contributed by atoms with E-state index in [0.717, 1.165) is 16.1 Å². The summed E-state index contributed by atoms with van der Waals surface area (Å²) in [5.74, 6) is -2.01. The largest absolute Gasteiger partial charge is 0.493 e. The van der Waals surface area contributed by atoms with Crippen LogP contribution in [0, 0.1) is 40.3 Å². The lowest BCUT2D eigenvalue weighted by Crippen LogP contribution is -2.74. The van der Waals surface area contributed by atoms with Gasteiger partial charge >= 0.3 is 0 Å². The third-order valence-corrected chi connectivity index (χ3v) is 13.9. The lowest BCUT2D eigenvalue weighted by atomic mass is 9.49. The molecule has 6 rings (SSSR count). The molecule has 4 N–H and O–H groups in total. The zero-order chi connectivity index (χ0) is 49.7. The van der Waals surface area contributed by atoms with Crippen molar-refractivity contribution in [1.29, 1.82) is 5.26 Å². The van der Waals surface area contributed by atoms with Crippen molar-refractivity contribution in [2.24, 2.45) is 16.2 Å². The van der Waals surface area contributed by atoms with Crippen LogP contribution in [0.5, 0.6) is 11.5 Å². The number of hydrogen-bond acceptors (Lipinski definition) is 12. The predicted octanol–water partition coefficient (Wildman–Crippen LogP) is 7.23. The molecule has 1 aliphatic heterocycles. The van der Waals surface area contributed by atoms with E-state index in [-0.39, 0.29) is 61.3 Å². The maximum absolute atomic E-state index is 15.3. The van der Waals surface area contributed by atoms with Crippen molar-refractivity contribution in [3.05, 3.63) is 93.8 Å². The van der Waals surface area contributed by atoms with Gasteiger partial charge in [0.25, 0.3) is 11.8 Å². The SMILES string of the molecule is Cc1ncsc1-c1ccc(N(C)NC(=O)[C@@H]2C[C@@H](O)CN2C(=O)C(NC(=O)COCCCCOc2ccc(C(=O)NC3C(C)(C)C(Oc4ccc(C#N)c(Cl)c4)C3(C)C)c(F)c2)C(C)(C)C)cc1. The number of β-amino-alcohol motifs (C(OH)–C–C–N with tert-alkyl or cyclic N) is 1. The number of halogens is 2. The molecule has 1 saturated carbocycles. The summed E-state index contributed by atoms with van der Waals surface area (Å²) in [5.41, 5.74) is 5.71. The summed E-state index contributed by atoms with van der Waals surface area (Å²) in [6.45, 7) is 15.3. The molecule has 0 radical (unpaired) electrons. The van der Waals surface area contributed by atoms with E-state index >= 15 is 4.39 Å². The molecule has 4 amide bonds. The number of aliphatic hydroxyl groups excluding tert-OH is 1. The molecule has 68 heavy (non-hydrogen) atoms. The number of amides is 4. The number of nitrogens with one attached hydrogen (secondary N) is 3. The van der Waals surface area contributed by atoms with Gasteiger partial charge in [-0.25, -0.2) is 9.37 Å². The molecule has 18 heteroatoms. The molecule has 2 heterocycles. The number of unbranched alkanes of at least 4 members (excludes halogenated alkanes) is 1. The molecule has 0 bridgehead atoms. The first-order valence-corrected chi connectivity index (χ1v) is 23.8. The van der Waals surface area contributed by atoms with Crippen molar-refractivity contribution >= 4 is 52.3 Å². The standard InChI is InChI=1S/C50H61ClFN7O8S/c1-29-41(68-28-54-29)30-12-15-32(16-13-30)58(9)57-44(63)39-22-33(60)26-59(39)45(64)42(48(2,3)4)55-40(61)27-65-20-10-11-21-66-34-18-19-36(38(52)24-34)43(62)56-46-49(5,6)47(50(46,7)8)67-35-17-14-31(25-53)37(51)23-35/h12-19,23-24,28,33,39,42,46-47,60H,10-11,20-22,26-27H2,1-9H3,(H,55,61)(H,56,62)(H,57,63)/t33-,39+,42?,46?,47?/m1/s1. The normalized spacial score (nSPS) is 19.8. The molecule has 3 aromatic carbocycles. The number of hydrogen-bond donors (Lipinski definition) is 4. The van der Waals surface area contributed by atoms with Gasteiger partial charge in [-0.3, -0.25) is 29.6 Å². The molecule has 1 aromatic heterocycles. The van der Waals surface area contributed by atoms with Gasteiger partial charge in [0.05, 0.1) is 50.6 Å². The molecule has 1 unspecified atom stereocenters. The zero-order valence-electron chi connectivity index (χ0n) is 39.9. The first kappa shape index (κ1) is 51.6. The fourth-order valence-corrected chi connectivity index (χ4v) is 10.3. The Morgan fingerprint density at radius 3 is 2.32 bits per heavy atom. The number of aryl methyl sites for hydroxylation is 1. The number of carbonyl (C=O) groups is 4. The Labute approximate surface area is 406 Å². The number of aromatic nitrogens is 1. The van der Waals surface area contributed by atoms with Crippen LogP contribution in [0.4, 0.5) is 10.1 Å². The van der Waals surface area contributed by atoms with Gasteiger partial charge in [-0.05, 0) is 67.1 Å². The van der Waals surface area contributed by atoms with Crippen LogP contribution in [0.25, 0.3) is 10.4 Å². The lowest BCUT2D eigenvalue weighted by Gasteiger charge is -2.63. The Morgan fingerprint density at radius 1 is 1.03 bits per heavy atom. The molecular weight excluding hydrogens is 913 g/mol. The van der Waals surface area contributed by atoms with Crippen LogP contribution < -0.4 is 30.5 Å². The Morgan fingerprint density at radius 2 is 1.71 bits per heavy atom. The first-order valence-electron chi connectivity index (χ1n) is 22.5. The van der Waals surface area contributed by atoms with Gasteiger partial charge < -0.3 is 34.9 Å². The highest BCUT2D eigenvalue weighted by Gasteiger charge is 2.64. The quantitative estimate of drug-likeness (QED) is 0.0580. The average molecular weight is 975 g/mol. The van der Waals surface area contributed by atoms with E-state index in [1.807, 2.05) is 65.0 Å². The Bertz CT molecular complexity index is 2510. The maximum Gasteiger partial charge on any atom is 0.261 e. The second-order valence-electron chi connectivity index (χ2n) is 19.7. The topological polar surface area (TPSA) is 195 Å². The summed E-state index contributed by atoms with van der Waals surface area (Å²) in [7, 11) is 1.69. The van der Waals surface area contributed by atoms with Gasteiger partial charge in [0.15, 0.2) is 0 Å². The number of nitrogens with zero attached hydrogens (tertiary/aromatic N) is 4. The smallest absolute Gasteiger partial charge is 0.261 e. The van der Waals surface area contributed by atoms with Crippen molar-refractivity contribution in [3.8, 4) is 28.0 Å². The Kier molecular flexibility index (Phi) is 16.1. The lowest BCUT2D eigenvalue weighted by molar-refractivity contribution is -0.164. The number of benzene rings is 3. The van der Waals surface area contributed by atoms with E-state index in [1.165, 1.54) is 23.1 Å². The number of hydrazine groups is 1. The summed E-state index contributed by atoms with van der Waals surface area (Å²) in [6.07, 6.45) is -0.166. The van der Waals surface area contributed by atoms with Gasteiger partial charge in [-0.2, -0.15) is 5.26 Å². The van der Waals surface area contributed by atoms with Crippen molar-refractivity contribution in [2.45, 2.75) is 105 Å². The molecular formula is C50H61ClFN7O8S. The highest BCUT2D eigenvalue weighted by molar-refractivity contribution is 7.13. The number of rotatable bonds is 18. The van der Waals surface area contributed by atoms with Crippen LogP contribution in [0.1, 0.15) is 89.3 Å². The van der Waals surface area contributed by atoms with Crippen LogP contribution in [-0.4, -0.2) is 102 Å². The molecule has 4 aromatic rings. The molecule has 2 fully saturated rings. The second kappa shape index (κ2) is 21.2. The van der Waals surface area contributed by atoms with Crippen molar-refractivity contribution < 1.29 is 42.9 Å². The highest BCUT2D eigenvalue weighted by Crippen LogP contribution is 2.55. The second-order valence-corrected chi connectivity index (χ2v) is 20.9. The summed E-state index contributed by atoms with van der Waals surface area (Å²) < 4.78 is 32.9. The van der Waals surface area contributed by atoms with E-state index in [2.05, 4.69) is 21.0 Å². The third kappa shape index (κ3) is 11.7. The van der Waals surface area contributed by atoms with Crippen LogP contribution in [0.2, 0.25) is 5.02 Å². The molecule has 0 spiro atoms. The zero-order valence-corrected chi connectivity index (χ0v) is 41.5. The highest BCUT2D eigenvalue weighted by atomic mass is 35.5. The number of ether oxygens (including phenoxy) is 3. The molecule has 364 valence electrons. The molecule has 2 aliphatic rings. The van der Waals surface area contributed by atoms with Crippen LogP contribution in [0.15, 0.2) is 66.2 Å². The fraction of sp³-hybridized carbons (Fsp3) is 0.480. The summed E-state index contributed by atoms with van der Waals surface area (Å²) >= 11 is 7.76. The summed E-state index contributed by atoms with van der Waals surface area (Å²) in [6, 6.07) is 16.3. The van der Waals surface area contributed by atoms with E-state index < -0.39 is 63.9 Å². The molecule has 1 aliphatic carbocycles. The monoisotopic (exact) mass is 973 g/mol. The third-order valence-electron chi connectivity index (χ3n) is 12.6. The van der Waals surface area contributed by atoms with Gasteiger partial charge in [0.1, 0.15) is 48.2 Å². The van der Waals surface area contributed by atoms with Gasteiger partial charge in [-0.1, -0.05) is 72.2 Å². The van der Waals surface area contributed by atoms with Gasteiger partial charge in [-0.15, -0.1) is 11.3 Å². The predicted molar refractivity (Wildman–Crippen MR) is 258 cm³/mol. The number of nitriles is 1. The molecule has 15 nitrogen and oxygen atoms in total. The van der Waals surface area contributed by atoms with E-state index in [0.29, 0.717) is 29.8 Å². The maximum atomic E-state index is 15.3. The first-order chi connectivity index (χ1) is 32.0. The van der Waals surface area contributed by atoms with Crippen LogP contribution in [0.3, 0.4) is 0 Å². The number of aliphatic hydroxyl groups is 1. The number of likely N-dealkylation sites (tertiary alicyclic amines) is 1. The number of thiazole rings is 1. The van der Waals surface area contributed by atoms with Gasteiger partial charge in [0.2, 0.25) is 11.8 Å². The molecule has 3 atom stereocenters. The van der Waals surface area contributed by atoms with E-state index in [9.17, 15) is 29.5 Å². The van der Waals surface area contributed by atoms with Crippen molar-refractivity contribution in [2.75, 3.05) is 38.4 Å². The van der Waals surface area contributed by atoms with Crippen molar-refractivity contribution in [1.82, 2.24) is 25.9 Å². The van der Waals surface area contributed by atoms with E-state index in [4.69, 9.17) is 25.8 Å².